The average Bonchev–Trinajstić information content (AvgIpc) is 2.17. The summed E-state index contributed by atoms with van der Waals surface area (Å²) in [4.78, 5) is 22.4. The van der Waals surface area contributed by atoms with Crippen LogP contribution in [-0.2, 0) is 9.59 Å². The summed E-state index contributed by atoms with van der Waals surface area (Å²) >= 11 is 0. The summed E-state index contributed by atoms with van der Waals surface area (Å²) in [6.45, 7) is 1.60. The van der Waals surface area contributed by atoms with E-state index in [1.165, 1.54) is 0 Å². The minimum Gasteiger partial charge on any atom is -0.481 e. The number of hydrogen-bond acceptors (Lipinski definition) is 3. The minimum absolute atomic E-state index is 0.00847. The molecule has 1 saturated carbocycles. The van der Waals surface area contributed by atoms with Gasteiger partial charge in [-0.2, -0.15) is 0 Å². The van der Waals surface area contributed by atoms with Crippen molar-refractivity contribution in [1.29, 1.82) is 0 Å². The van der Waals surface area contributed by atoms with Crippen molar-refractivity contribution in [2.24, 2.45) is 5.73 Å². The first-order valence-corrected chi connectivity index (χ1v) is 5.75. The maximum Gasteiger partial charge on any atom is 0.305 e. The van der Waals surface area contributed by atoms with Crippen molar-refractivity contribution in [2.45, 2.75) is 57.0 Å². The van der Waals surface area contributed by atoms with E-state index in [2.05, 4.69) is 5.32 Å². The number of rotatable bonds is 4. The Balaban J connectivity index is 2.69. The summed E-state index contributed by atoms with van der Waals surface area (Å²) in [6.07, 6.45) is 4.50. The summed E-state index contributed by atoms with van der Waals surface area (Å²) in [6, 6.07) is -0.590. The molecular formula is C11H20N2O3. The third-order valence-corrected chi connectivity index (χ3v) is 3.10. The zero-order valence-electron chi connectivity index (χ0n) is 9.66. The highest BCUT2D eigenvalue weighted by molar-refractivity contribution is 5.82. The van der Waals surface area contributed by atoms with Crippen LogP contribution in [0, 0.1) is 0 Å². The molecule has 1 aliphatic carbocycles. The molecule has 0 aromatic heterocycles. The highest BCUT2D eigenvalue weighted by Crippen LogP contribution is 2.31. The Labute approximate surface area is 95.4 Å². The molecule has 1 amide bonds. The standard InChI is InChI=1S/C11H20N2O3/c1-8(12)10(16)13-11(7-9(14)15)5-3-2-4-6-11/h8H,2-7,12H2,1H3,(H,13,16)(H,14,15)/t8-/m0/s1. The van der Waals surface area contributed by atoms with Crippen LogP contribution < -0.4 is 11.1 Å². The average molecular weight is 228 g/mol. The Kier molecular flexibility index (Phi) is 4.29. The number of amides is 1. The van der Waals surface area contributed by atoms with Crippen LogP contribution in [0.25, 0.3) is 0 Å². The third kappa shape index (κ3) is 3.48. The van der Waals surface area contributed by atoms with E-state index in [4.69, 9.17) is 10.8 Å². The van der Waals surface area contributed by atoms with Gasteiger partial charge in [-0.1, -0.05) is 19.3 Å². The molecule has 92 valence electrons. The summed E-state index contributed by atoms with van der Waals surface area (Å²) in [5.74, 6) is -1.13. The molecular weight excluding hydrogens is 208 g/mol. The van der Waals surface area contributed by atoms with E-state index in [1.54, 1.807) is 6.92 Å². The van der Waals surface area contributed by atoms with Gasteiger partial charge in [-0.15, -0.1) is 0 Å². The van der Waals surface area contributed by atoms with Crippen LogP contribution in [0.15, 0.2) is 0 Å². The van der Waals surface area contributed by atoms with E-state index in [-0.39, 0.29) is 12.3 Å². The van der Waals surface area contributed by atoms with Crippen molar-refractivity contribution in [3.63, 3.8) is 0 Å². The number of carbonyl (C=O) groups excluding carboxylic acids is 1. The second kappa shape index (κ2) is 5.30. The lowest BCUT2D eigenvalue weighted by atomic mass is 9.79. The van der Waals surface area contributed by atoms with Crippen LogP contribution in [0.5, 0.6) is 0 Å². The molecule has 1 aliphatic rings. The summed E-state index contributed by atoms with van der Waals surface area (Å²) in [5, 5.41) is 11.7. The van der Waals surface area contributed by atoms with Gasteiger partial charge in [0.25, 0.3) is 0 Å². The predicted molar refractivity (Wildman–Crippen MR) is 59.9 cm³/mol. The number of hydrogen-bond donors (Lipinski definition) is 3. The number of nitrogens with one attached hydrogen (secondary N) is 1. The topological polar surface area (TPSA) is 92.4 Å². The van der Waals surface area contributed by atoms with Gasteiger partial charge in [-0.3, -0.25) is 9.59 Å². The number of carboxylic acids is 1. The Morgan fingerprint density at radius 2 is 1.94 bits per heavy atom. The van der Waals surface area contributed by atoms with Crippen LogP contribution >= 0.6 is 0 Å². The number of nitrogens with two attached hydrogens (primary N) is 1. The molecule has 0 heterocycles. The molecule has 5 nitrogen and oxygen atoms in total. The monoisotopic (exact) mass is 228 g/mol. The van der Waals surface area contributed by atoms with Gasteiger partial charge in [-0.05, 0) is 19.8 Å². The van der Waals surface area contributed by atoms with E-state index in [1.807, 2.05) is 0 Å². The Bertz CT molecular complexity index is 270. The van der Waals surface area contributed by atoms with E-state index < -0.39 is 17.6 Å². The van der Waals surface area contributed by atoms with Crippen LogP contribution in [-0.4, -0.2) is 28.6 Å². The van der Waals surface area contributed by atoms with Gasteiger partial charge in [0, 0.05) is 0 Å². The van der Waals surface area contributed by atoms with E-state index >= 15 is 0 Å². The third-order valence-electron chi connectivity index (χ3n) is 3.10. The van der Waals surface area contributed by atoms with E-state index in [0.29, 0.717) is 0 Å². The summed E-state index contributed by atoms with van der Waals surface area (Å²) < 4.78 is 0. The van der Waals surface area contributed by atoms with Gasteiger partial charge >= 0.3 is 5.97 Å². The largest absolute Gasteiger partial charge is 0.481 e. The van der Waals surface area contributed by atoms with Gasteiger partial charge in [0.05, 0.1) is 18.0 Å². The molecule has 0 unspecified atom stereocenters. The summed E-state index contributed by atoms with van der Waals surface area (Å²) in [7, 11) is 0. The summed E-state index contributed by atoms with van der Waals surface area (Å²) in [5.41, 5.74) is 4.91. The minimum atomic E-state index is -0.869. The number of carbonyl (C=O) groups is 2. The fourth-order valence-corrected chi connectivity index (χ4v) is 2.24. The second-order valence-corrected chi connectivity index (χ2v) is 4.69. The van der Waals surface area contributed by atoms with Crippen molar-refractivity contribution in [3.8, 4) is 0 Å². The van der Waals surface area contributed by atoms with Gasteiger partial charge in [-0.25, -0.2) is 0 Å². The lowest BCUT2D eigenvalue weighted by Crippen LogP contribution is -2.54. The van der Waals surface area contributed by atoms with Crippen LogP contribution in [0.3, 0.4) is 0 Å². The van der Waals surface area contributed by atoms with E-state index in [9.17, 15) is 9.59 Å². The molecule has 0 radical (unpaired) electrons. The first kappa shape index (κ1) is 13.0. The molecule has 16 heavy (non-hydrogen) atoms. The van der Waals surface area contributed by atoms with Gasteiger partial charge in [0.15, 0.2) is 0 Å². The molecule has 1 fully saturated rings. The lowest BCUT2D eigenvalue weighted by Gasteiger charge is -2.37. The number of aliphatic carboxylic acids is 1. The molecule has 1 atom stereocenters. The van der Waals surface area contributed by atoms with Crippen molar-refractivity contribution < 1.29 is 14.7 Å². The van der Waals surface area contributed by atoms with E-state index in [0.717, 1.165) is 32.1 Å². The SMILES string of the molecule is C[C@H](N)C(=O)NC1(CC(=O)O)CCCCC1. The smallest absolute Gasteiger partial charge is 0.305 e. The fraction of sp³-hybridized carbons (Fsp3) is 0.818. The zero-order chi connectivity index (χ0) is 12.2. The molecule has 0 aliphatic heterocycles. The molecule has 5 heteroatoms. The molecule has 0 spiro atoms. The normalized spacial score (nSPS) is 21.1. The second-order valence-electron chi connectivity index (χ2n) is 4.69. The molecule has 0 aromatic carbocycles. The van der Waals surface area contributed by atoms with Gasteiger partial charge in [0.2, 0.25) is 5.91 Å². The predicted octanol–water partition coefficient (Wildman–Crippen LogP) is 0.627. The van der Waals surface area contributed by atoms with Crippen LogP contribution in [0.2, 0.25) is 0 Å². The first-order chi connectivity index (χ1) is 7.45. The zero-order valence-corrected chi connectivity index (χ0v) is 9.66. The van der Waals surface area contributed by atoms with Crippen molar-refractivity contribution in [2.75, 3.05) is 0 Å². The lowest BCUT2D eigenvalue weighted by molar-refractivity contribution is -0.139. The van der Waals surface area contributed by atoms with Gasteiger partial charge < -0.3 is 16.2 Å². The highest BCUT2D eigenvalue weighted by Gasteiger charge is 2.36. The molecule has 0 bridgehead atoms. The maximum atomic E-state index is 11.6. The Hall–Kier alpha value is -1.10. The quantitative estimate of drug-likeness (QED) is 0.658. The molecule has 1 rings (SSSR count). The van der Waals surface area contributed by atoms with Gasteiger partial charge in [0.1, 0.15) is 0 Å². The first-order valence-electron chi connectivity index (χ1n) is 5.75. The van der Waals surface area contributed by atoms with Crippen LogP contribution in [0.4, 0.5) is 0 Å². The molecule has 0 aromatic rings. The van der Waals surface area contributed by atoms with Crippen molar-refractivity contribution >= 4 is 11.9 Å². The Morgan fingerprint density at radius 3 is 2.38 bits per heavy atom. The Morgan fingerprint density at radius 1 is 1.38 bits per heavy atom. The van der Waals surface area contributed by atoms with Crippen molar-refractivity contribution in [3.05, 3.63) is 0 Å². The molecule has 0 saturated heterocycles. The van der Waals surface area contributed by atoms with Crippen LogP contribution in [0.1, 0.15) is 45.4 Å². The fourth-order valence-electron chi connectivity index (χ4n) is 2.24. The maximum absolute atomic E-state index is 11.6. The number of carboxylic acid groups (broad SMARTS) is 1. The molecule has 4 N–H and O–H groups in total. The van der Waals surface area contributed by atoms with Crippen molar-refractivity contribution in [1.82, 2.24) is 5.32 Å². The highest BCUT2D eigenvalue weighted by atomic mass is 16.4.